The molecule has 1 rings (SSSR count). The third-order valence-electron chi connectivity index (χ3n) is 2.24. The molecule has 3 N–H and O–H groups in total. The average Bonchev–Trinajstić information content (AvgIpc) is 2.29. The van der Waals surface area contributed by atoms with Gasteiger partial charge in [-0.1, -0.05) is 12.1 Å². The lowest BCUT2D eigenvalue weighted by atomic mass is 10.2. The van der Waals surface area contributed by atoms with Crippen molar-refractivity contribution in [2.45, 2.75) is 12.6 Å². The van der Waals surface area contributed by atoms with E-state index >= 15 is 0 Å². The molecule has 90 valence electrons. The van der Waals surface area contributed by atoms with Gasteiger partial charge in [0.25, 0.3) is 0 Å². The quantitative estimate of drug-likeness (QED) is 0.738. The Balaban J connectivity index is 2.56. The van der Waals surface area contributed by atoms with E-state index in [1.807, 2.05) is 12.1 Å². The Kier molecular flexibility index (Phi) is 5.76. The number of methoxy groups -OCH3 is 1. The van der Waals surface area contributed by atoms with Crippen molar-refractivity contribution in [2.24, 2.45) is 0 Å². The fourth-order valence-electron chi connectivity index (χ4n) is 1.33. The van der Waals surface area contributed by atoms with Crippen LogP contribution in [0.1, 0.15) is 5.56 Å². The molecule has 0 fully saturated rings. The van der Waals surface area contributed by atoms with Crippen molar-refractivity contribution >= 4 is 15.9 Å². The van der Waals surface area contributed by atoms with Gasteiger partial charge >= 0.3 is 0 Å². The van der Waals surface area contributed by atoms with Gasteiger partial charge in [-0.25, -0.2) is 0 Å². The van der Waals surface area contributed by atoms with Gasteiger partial charge in [0.15, 0.2) is 0 Å². The van der Waals surface area contributed by atoms with Gasteiger partial charge in [0.1, 0.15) is 5.75 Å². The SMILES string of the molecule is COCC(CO)NCc1cccc(Br)c1O. The average molecular weight is 290 g/mol. The summed E-state index contributed by atoms with van der Waals surface area (Å²) < 4.78 is 5.61. The fourth-order valence-corrected chi connectivity index (χ4v) is 1.74. The van der Waals surface area contributed by atoms with Crippen LogP contribution in [-0.4, -0.2) is 36.6 Å². The number of aromatic hydroxyl groups is 1. The monoisotopic (exact) mass is 289 g/mol. The first-order chi connectivity index (χ1) is 7.69. The number of phenols is 1. The first kappa shape index (κ1) is 13.4. The van der Waals surface area contributed by atoms with Crippen LogP contribution < -0.4 is 5.32 Å². The maximum atomic E-state index is 9.73. The summed E-state index contributed by atoms with van der Waals surface area (Å²) in [4.78, 5) is 0. The minimum Gasteiger partial charge on any atom is -0.506 e. The number of hydrogen-bond donors (Lipinski definition) is 3. The molecule has 0 bridgehead atoms. The van der Waals surface area contributed by atoms with Crippen LogP contribution >= 0.6 is 15.9 Å². The first-order valence-corrected chi connectivity index (χ1v) is 5.78. The number of phenolic OH excluding ortho intramolecular Hbond substituents is 1. The third-order valence-corrected chi connectivity index (χ3v) is 2.88. The largest absolute Gasteiger partial charge is 0.506 e. The molecule has 1 aromatic rings. The normalized spacial score (nSPS) is 12.7. The summed E-state index contributed by atoms with van der Waals surface area (Å²) in [5, 5.41) is 21.9. The van der Waals surface area contributed by atoms with Gasteiger partial charge in [-0.2, -0.15) is 0 Å². The zero-order chi connectivity index (χ0) is 12.0. The van der Waals surface area contributed by atoms with Crippen molar-refractivity contribution in [3.05, 3.63) is 28.2 Å². The molecular weight excluding hydrogens is 274 g/mol. The number of benzene rings is 1. The smallest absolute Gasteiger partial charge is 0.134 e. The highest BCUT2D eigenvalue weighted by atomic mass is 79.9. The van der Waals surface area contributed by atoms with E-state index in [1.165, 1.54) is 0 Å². The molecule has 1 unspecified atom stereocenters. The Morgan fingerprint density at radius 1 is 1.50 bits per heavy atom. The van der Waals surface area contributed by atoms with Gasteiger partial charge in [-0.15, -0.1) is 0 Å². The molecule has 0 aromatic heterocycles. The lowest BCUT2D eigenvalue weighted by Gasteiger charge is -2.15. The zero-order valence-corrected chi connectivity index (χ0v) is 10.7. The first-order valence-electron chi connectivity index (χ1n) is 4.98. The Morgan fingerprint density at radius 2 is 2.25 bits per heavy atom. The van der Waals surface area contributed by atoms with Gasteiger partial charge in [0.2, 0.25) is 0 Å². The van der Waals surface area contributed by atoms with Gasteiger partial charge < -0.3 is 20.3 Å². The molecule has 4 nitrogen and oxygen atoms in total. The van der Waals surface area contributed by atoms with E-state index in [1.54, 1.807) is 13.2 Å². The lowest BCUT2D eigenvalue weighted by molar-refractivity contribution is 0.128. The minimum atomic E-state index is -0.122. The Morgan fingerprint density at radius 3 is 2.88 bits per heavy atom. The van der Waals surface area contributed by atoms with E-state index in [0.717, 1.165) is 5.56 Å². The van der Waals surface area contributed by atoms with Crippen molar-refractivity contribution in [3.63, 3.8) is 0 Å². The van der Waals surface area contributed by atoms with Crippen molar-refractivity contribution in [1.82, 2.24) is 5.32 Å². The van der Waals surface area contributed by atoms with Crippen molar-refractivity contribution in [1.29, 1.82) is 0 Å². The highest BCUT2D eigenvalue weighted by Gasteiger charge is 2.09. The summed E-state index contributed by atoms with van der Waals surface area (Å²) in [5.74, 6) is 0.226. The Bertz CT molecular complexity index is 333. The van der Waals surface area contributed by atoms with Crippen LogP contribution in [0.2, 0.25) is 0 Å². The molecule has 1 aromatic carbocycles. The molecule has 0 heterocycles. The second-order valence-electron chi connectivity index (χ2n) is 3.46. The van der Waals surface area contributed by atoms with Crippen LogP contribution in [0.25, 0.3) is 0 Å². The van der Waals surface area contributed by atoms with E-state index in [-0.39, 0.29) is 18.4 Å². The molecule has 0 radical (unpaired) electrons. The summed E-state index contributed by atoms with van der Waals surface area (Å²) in [6.07, 6.45) is 0. The van der Waals surface area contributed by atoms with Crippen LogP contribution in [0.3, 0.4) is 0 Å². The molecule has 0 aliphatic heterocycles. The number of hydrogen-bond acceptors (Lipinski definition) is 4. The predicted molar refractivity (Wildman–Crippen MR) is 65.4 cm³/mol. The molecule has 0 aliphatic carbocycles. The number of ether oxygens (including phenoxy) is 1. The number of aliphatic hydroxyl groups is 1. The molecule has 1 atom stereocenters. The van der Waals surface area contributed by atoms with Crippen LogP contribution in [0.15, 0.2) is 22.7 Å². The fraction of sp³-hybridized carbons (Fsp3) is 0.455. The van der Waals surface area contributed by atoms with E-state index in [2.05, 4.69) is 21.2 Å². The summed E-state index contributed by atoms with van der Waals surface area (Å²) in [7, 11) is 1.58. The van der Waals surface area contributed by atoms with Crippen LogP contribution in [0, 0.1) is 0 Å². The molecular formula is C11H16BrNO3. The van der Waals surface area contributed by atoms with Gasteiger partial charge in [-0.3, -0.25) is 0 Å². The van der Waals surface area contributed by atoms with Crippen molar-refractivity contribution in [2.75, 3.05) is 20.3 Å². The number of rotatable bonds is 6. The molecule has 16 heavy (non-hydrogen) atoms. The zero-order valence-electron chi connectivity index (χ0n) is 9.11. The number of halogens is 1. The molecule has 0 aliphatic rings. The molecule has 0 amide bonds. The maximum Gasteiger partial charge on any atom is 0.134 e. The van der Waals surface area contributed by atoms with Gasteiger partial charge in [0, 0.05) is 19.2 Å². The number of aliphatic hydroxyl groups excluding tert-OH is 1. The van der Waals surface area contributed by atoms with E-state index in [9.17, 15) is 5.11 Å². The van der Waals surface area contributed by atoms with Gasteiger partial charge in [0.05, 0.1) is 23.7 Å². The predicted octanol–water partition coefficient (Wildman–Crippen LogP) is 1.25. The van der Waals surface area contributed by atoms with Crippen molar-refractivity contribution < 1.29 is 14.9 Å². The Hall–Kier alpha value is -0.620. The molecule has 0 saturated carbocycles. The Labute approximate surface area is 103 Å². The van der Waals surface area contributed by atoms with E-state index < -0.39 is 0 Å². The minimum absolute atomic E-state index is 0.00258. The van der Waals surface area contributed by atoms with Gasteiger partial charge in [-0.05, 0) is 22.0 Å². The third kappa shape index (κ3) is 3.75. The van der Waals surface area contributed by atoms with Crippen molar-refractivity contribution in [3.8, 4) is 5.75 Å². The summed E-state index contributed by atoms with van der Waals surface area (Å²) in [6, 6.07) is 5.33. The van der Waals surface area contributed by atoms with Crippen LogP contribution in [0.5, 0.6) is 5.75 Å². The van der Waals surface area contributed by atoms with E-state index in [0.29, 0.717) is 17.6 Å². The van der Waals surface area contributed by atoms with Crippen LogP contribution in [-0.2, 0) is 11.3 Å². The standard InChI is InChI=1S/C11H16BrNO3/c1-16-7-9(6-14)13-5-8-3-2-4-10(12)11(8)15/h2-4,9,13-15H,5-7H2,1H3. The lowest BCUT2D eigenvalue weighted by Crippen LogP contribution is -2.35. The van der Waals surface area contributed by atoms with Crippen LogP contribution in [0.4, 0.5) is 0 Å². The molecule has 0 saturated heterocycles. The highest BCUT2D eigenvalue weighted by molar-refractivity contribution is 9.10. The number of para-hydroxylation sites is 1. The highest BCUT2D eigenvalue weighted by Crippen LogP contribution is 2.27. The summed E-state index contributed by atoms with van der Waals surface area (Å²) in [6.45, 7) is 0.924. The molecule has 0 spiro atoms. The molecule has 5 heteroatoms. The summed E-state index contributed by atoms with van der Waals surface area (Å²) in [5.41, 5.74) is 0.781. The maximum absolute atomic E-state index is 9.73. The second kappa shape index (κ2) is 6.85. The number of nitrogens with one attached hydrogen (secondary N) is 1. The summed E-state index contributed by atoms with van der Waals surface area (Å²) >= 11 is 3.25. The topological polar surface area (TPSA) is 61.7 Å². The van der Waals surface area contributed by atoms with E-state index in [4.69, 9.17) is 9.84 Å². The second-order valence-corrected chi connectivity index (χ2v) is 4.32.